The van der Waals surface area contributed by atoms with E-state index < -0.39 is 4.92 Å². The van der Waals surface area contributed by atoms with Gasteiger partial charge in [-0.1, -0.05) is 6.92 Å². The molecule has 0 spiro atoms. The van der Waals surface area contributed by atoms with Crippen molar-refractivity contribution >= 4 is 11.4 Å². The van der Waals surface area contributed by atoms with Crippen molar-refractivity contribution in [2.75, 3.05) is 12.4 Å². The normalized spacial score (nSPS) is 22.8. The lowest BCUT2D eigenvalue weighted by molar-refractivity contribution is -0.385. The molecule has 1 fully saturated rings. The Morgan fingerprint density at radius 2 is 2.00 bits per heavy atom. The second-order valence-corrected chi connectivity index (χ2v) is 5.24. The topological polar surface area (TPSA) is 64.4 Å². The van der Waals surface area contributed by atoms with Crippen LogP contribution in [0.3, 0.4) is 0 Å². The van der Waals surface area contributed by atoms with Crippen LogP contribution in [0, 0.1) is 16.0 Å². The van der Waals surface area contributed by atoms with Gasteiger partial charge in [-0.3, -0.25) is 10.1 Å². The summed E-state index contributed by atoms with van der Waals surface area (Å²) in [6, 6.07) is 5.45. The Morgan fingerprint density at radius 3 is 2.58 bits per heavy atom. The van der Waals surface area contributed by atoms with Crippen LogP contribution in [0.1, 0.15) is 32.6 Å². The smallest absolute Gasteiger partial charge is 0.312 e. The molecule has 0 radical (unpaired) electrons. The summed E-state index contributed by atoms with van der Waals surface area (Å²) >= 11 is 0. The van der Waals surface area contributed by atoms with Gasteiger partial charge in [0.1, 0.15) is 0 Å². The molecular formula is C14H20N2O3. The van der Waals surface area contributed by atoms with E-state index in [-0.39, 0.29) is 5.69 Å². The predicted molar refractivity (Wildman–Crippen MR) is 74.7 cm³/mol. The summed E-state index contributed by atoms with van der Waals surface area (Å²) in [6.07, 6.45) is 4.69. The fraction of sp³-hybridized carbons (Fsp3) is 0.571. The predicted octanol–water partition coefficient (Wildman–Crippen LogP) is 3.59. The largest absolute Gasteiger partial charge is 0.490 e. The van der Waals surface area contributed by atoms with Crippen molar-refractivity contribution in [3.63, 3.8) is 0 Å². The molecule has 1 aliphatic carbocycles. The van der Waals surface area contributed by atoms with Crippen molar-refractivity contribution < 1.29 is 9.66 Å². The minimum atomic E-state index is -0.410. The highest BCUT2D eigenvalue weighted by atomic mass is 16.6. The number of anilines is 1. The fourth-order valence-corrected chi connectivity index (χ4v) is 2.56. The molecule has 1 saturated carbocycles. The van der Waals surface area contributed by atoms with Gasteiger partial charge in [-0.2, -0.15) is 0 Å². The van der Waals surface area contributed by atoms with Gasteiger partial charge in [0.15, 0.2) is 5.75 Å². The van der Waals surface area contributed by atoms with Gasteiger partial charge in [0.2, 0.25) is 0 Å². The third-order valence-electron chi connectivity index (χ3n) is 3.76. The maximum Gasteiger partial charge on any atom is 0.312 e. The molecule has 0 amide bonds. The SMILES string of the molecule is COc1ccc(NC2CCC(C)CC2)cc1[N+](=O)[O-]. The highest BCUT2D eigenvalue weighted by Crippen LogP contribution is 2.31. The molecule has 104 valence electrons. The van der Waals surface area contributed by atoms with Crippen LogP contribution in [-0.2, 0) is 0 Å². The Morgan fingerprint density at radius 1 is 1.32 bits per heavy atom. The minimum absolute atomic E-state index is 0.0108. The number of hydrogen-bond acceptors (Lipinski definition) is 4. The summed E-state index contributed by atoms with van der Waals surface area (Å²) in [5.41, 5.74) is 0.809. The third kappa shape index (κ3) is 3.36. The van der Waals surface area contributed by atoms with E-state index >= 15 is 0 Å². The molecule has 5 nitrogen and oxygen atoms in total. The van der Waals surface area contributed by atoms with E-state index in [4.69, 9.17) is 4.74 Å². The van der Waals surface area contributed by atoms with Gasteiger partial charge in [-0.25, -0.2) is 0 Å². The number of nitrogens with zero attached hydrogens (tertiary/aromatic N) is 1. The molecule has 0 saturated heterocycles. The van der Waals surface area contributed by atoms with Gasteiger partial charge < -0.3 is 10.1 Å². The lowest BCUT2D eigenvalue weighted by atomic mass is 9.87. The quantitative estimate of drug-likeness (QED) is 0.666. The standard InChI is InChI=1S/C14H20N2O3/c1-10-3-5-11(6-4-10)15-12-7-8-14(19-2)13(9-12)16(17)18/h7-11,15H,3-6H2,1-2H3. The first-order valence-electron chi connectivity index (χ1n) is 6.69. The van der Waals surface area contributed by atoms with Crippen molar-refractivity contribution in [2.45, 2.75) is 38.6 Å². The van der Waals surface area contributed by atoms with Crippen LogP contribution in [0.4, 0.5) is 11.4 Å². The van der Waals surface area contributed by atoms with Gasteiger partial charge >= 0.3 is 5.69 Å². The Kier molecular flexibility index (Phi) is 4.24. The highest BCUT2D eigenvalue weighted by Gasteiger charge is 2.20. The summed E-state index contributed by atoms with van der Waals surface area (Å²) in [5, 5.41) is 14.4. The average molecular weight is 264 g/mol. The van der Waals surface area contributed by atoms with E-state index in [1.165, 1.54) is 20.0 Å². The molecule has 2 rings (SSSR count). The summed E-state index contributed by atoms with van der Waals surface area (Å²) in [6.45, 7) is 2.27. The maximum atomic E-state index is 11.0. The number of nitro benzene ring substituents is 1. The molecule has 1 N–H and O–H groups in total. The van der Waals surface area contributed by atoms with E-state index in [0.717, 1.165) is 24.4 Å². The molecule has 19 heavy (non-hydrogen) atoms. The zero-order valence-corrected chi connectivity index (χ0v) is 11.4. The van der Waals surface area contributed by atoms with Crippen molar-refractivity contribution in [3.8, 4) is 5.75 Å². The lowest BCUT2D eigenvalue weighted by Crippen LogP contribution is -2.25. The van der Waals surface area contributed by atoms with Gasteiger partial charge in [0.05, 0.1) is 12.0 Å². The van der Waals surface area contributed by atoms with E-state index in [1.807, 2.05) is 6.07 Å². The summed E-state index contributed by atoms with van der Waals surface area (Å²) in [7, 11) is 1.44. The molecule has 1 aromatic rings. The van der Waals surface area contributed by atoms with Crippen LogP contribution in [0.5, 0.6) is 5.75 Å². The number of methoxy groups -OCH3 is 1. The Balaban J connectivity index is 2.08. The van der Waals surface area contributed by atoms with Gasteiger partial charge in [0.25, 0.3) is 0 Å². The molecule has 0 bridgehead atoms. The Hall–Kier alpha value is -1.78. The molecular weight excluding hydrogens is 244 g/mol. The second kappa shape index (κ2) is 5.91. The van der Waals surface area contributed by atoms with E-state index in [2.05, 4.69) is 12.2 Å². The average Bonchev–Trinajstić information content (AvgIpc) is 2.41. The molecule has 0 heterocycles. The zero-order valence-electron chi connectivity index (χ0n) is 11.4. The summed E-state index contributed by atoms with van der Waals surface area (Å²) < 4.78 is 5.00. The van der Waals surface area contributed by atoms with Crippen LogP contribution in [-0.4, -0.2) is 18.1 Å². The van der Waals surface area contributed by atoms with Gasteiger partial charge in [0, 0.05) is 17.8 Å². The number of ether oxygens (including phenoxy) is 1. The molecule has 5 heteroatoms. The zero-order chi connectivity index (χ0) is 13.8. The fourth-order valence-electron chi connectivity index (χ4n) is 2.56. The van der Waals surface area contributed by atoms with Gasteiger partial charge in [-0.15, -0.1) is 0 Å². The minimum Gasteiger partial charge on any atom is -0.490 e. The van der Waals surface area contributed by atoms with Crippen LogP contribution < -0.4 is 10.1 Å². The van der Waals surface area contributed by atoms with Crippen LogP contribution in [0.15, 0.2) is 18.2 Å². The molecule has 0 aliphatic heterocycles. The number of benzene rings is 1. The lowest BCUT2D eigenvalue weighted by Gasteiger charge is -2.27. The van der Waals surface area contributed by atoms with Crippen LogP contribution in [0.25, 0.3) is 0 Å². The Bertz CT molecular complexity index is 454. The molecule has 0 unspecified atom stereocenters. The summed E-state index contributed by atoms with van der Waals surface area (Å²) in [5.74, 6) is 1.09. The number of rotatable bonds is 4. The highest BCUT2D eigenvalue weighted by molar-refractivity contribution is 5.58. The number of nitro groups is 1. The van der Waals surface area contributed by atoms with E-state index in [9.17, 15) is 10.1 Å². The van der Waals surface area contributed by atoms with Crippen LogP contribution >= 0.6 is 0 Å². The molecule has 0 atom stereocenters. The van der Waals surface area contributed by atoms with Crippen molar-refractivity contribution in [3.05, 3.63) is 28.3 Å². The van der Waals surface area contributed by atoms with Gasteiger partial charge in [-0.05, 0) is 43.7 Å². The summed E-state index contributed by atoms with van der Waals surface area (Å²) in [4.78, 5) is 10.6. The third-order valence-corrected chi connectivity index (χ3v) is 3.76. The van der Waals surface area contributed by atoms with Crippen molar-refractivity contribution in [1.29, 1.82) is 0 Å². The first-order valence-corrected chi connectivity index (χ1v) is 6.69. The molecule has 1 aliphatic rings. The van der Waals surface area contributed by atoms with Crippen LogP contribution in [0.2, 0.25) is 0 Å². The molecule has 0 aromatic heterocycles. The molecule has 1 aromatic carbocycles. The monoisotopic (exact) mass is 264 g/mol. The van der Waals surface area contributed by atoms with E-state index in [0.29, 0.717) is 11.8 Å². The number of nitrogens with one attached hydrogen (secondary N) is 1. The van der Waals surface area contributed by atoms with E-state index in [1.54, 1.807) is 12.1 Å². The Labute approximate surface area is 113 Å². The first-order chi connectivity index (χ1) is 9.10. The second-order valence-electron chi connectivity index (χ2n) is 5.24. The maximum absolute atomic E-state index is 11.0. The van der Waals surface area contributed by atoms with Crippen molar-refractivity contribution in [1.82, 2.24) is 0 Å². The first kappa shape index (κ1) is 13.6. The number of hydrogen-bond donors (Lipinski definition) is 1. The van der Waals surface area contributed by atoms with Crippen molar-refractivity contribution in [2.24, 2.45) is 5.92 Å².